The Morgan fingerprint density at radius 2 is 1.95 bits per heavy atom. The number of hydrogen-bond donors (Lipinski definition) is 0. The van der Waals surface area contributed by atoms with E-state index in [2.05, 4.69) is 13.8 Å². The summed E-state index contributed by atoms with van der Waals surface area (Å²) in [6.07, 6.45) is 1.17. The highest BCUT2D eigenvalue weighted by Gasteiger charge is 2.25. The Bertz CT molecular complexity index is 483. The van der Waals surface area contributed by atoms with Crippen molar-refractivity contribution in [3.63, 3.8) is 0 Å². The number of carbonyl (C=O) groups excluding carboxylic acids is 1. The van der Waals surface area contributed by atoms with Gasteiger partial charge in [0.25, 0.3) is 5.91 Å². The van der Waals surface area contributed by atoms with E-state index in [1.165, 1.54) is 6.42 Å². The summed E-state index contributed by atoms with van der Waals surface area (Å²) in [5.74, 6) is 1.58. The third-order valence-electron chi connectivity index (χ3n) is 3.47. The van der Waals surface area contributed by atoms with Crippen LogP contribution >= 0.6 is 23.2 Å². The molecule has 0 aliphatic carbocycles. The molecule has 0 radical (unpaired) electrons. The summed E-state index contributed by atoms with van der Waals surface area (Å²) >= 11 is 11.8. The fraction of sp³-hybridized carbons (Fsp3) is 0.533. The zero-order chi connectivity index (χ0) is 14.7. The van der Waals surface area contributed by atoms with Crippen LogP contribution in [0.15, 0.2) is 18.2 Å². The molecule has 1 aromatic carbocycles. The van der Waals surface area contributed by atoms with Crippen molar-refractivity contribution >= 4 is 29.1 Å². The maximum Gasteiger partial charge on any atom is 0.260 e. The van der Waals surface area contributed by atoms with Gasteiger partial charge in [0.05, 0.1) is 5.02 Å². The van der Waals surface area contributed by atoms with Gasteiger partial charge in [-0.1, -0.05) is 37.0 Å². The summed E-state index contributed by atoms with van der Waals surface area (Å²) < 4.78 is 5.50. The van der Waals surface area contributed by atoms with Crippen molar-refractivity contribution < 1.29 is 9.53 Å². The van der Waals surface area contributed by atoms with Gasteiger partial charge in [0, 0.05) is 18.1 Å². The van der Waals surface area contributed by atoms with Gasteiger partial charge in [-0.2, -0.15) is 0 Å². The summed E-state index contributed by atoms with van der Waals surface area (Å²) in [6, 6.07) is 4.98. The lowest BCUT2D eigenvalue weighted by molar-refractivity contribution is -0.136. The predicted molar refractivity (Wildman–Crippen MR) is 81.5 cm³/mol. The molecule has 20 heavy (non-hydrogen) atoms. The second kappa shape index (κ2) is 6.68. The van der Waals surface area contributed by atoms with Gasteiger partial charge in [0.2, 0.25) is 0 Å². The number of benzene rings is 1. The number of nitrogens with zero attached hydrogens (tertiary/aromatic N) is 1. The quantitative estimate of drug-likeness (QED) is 0.847. The third-order valence-corrected chi connectivity index (χ3v) is 4.00. The Hall–Kier alpha value is -0.930. The molecule has 1 aliphatic rings. The number of likely N-dealkylation sites (tertiary alicyclic amines) is 1. The standard InChI is InChI=1S/C15H19Cl2NO2/c1-10-5-11(2)8-18(7-10)15(19)9-20-14-4-3-12(16)6-13(14)17/h3-4,6,10-11H,5,7-9H2,1-2H3/t10-,11+. The highest BCUT2D eigenvalue weighted by atomic mass is 35.5. The van der Waals surface area contributed by atoms with Crippen molar-refractivity contribution in [1.82, 2.24) is 4.90 Å². The van der Waals surface area contributed by atoms with Gasteiger partial charge in [-0.15, -0.1) is 0 Å². The van der Waals surface area contributed by atoms with Crippen LogP contribution in [-0.4, -0.2) is 30.5 Å². The zero-order valence-corrected chi connectivity index (χ0v) is 13.2. The average molecular weight is 316 g/mol. The molecule has 0 unspecified atom stereocenters. The highest BCUT2D eigenvalue weighted by Crippen LogP contribution is 2.27. The number of halogens is 2. The molecule has 0 N–H and O–H groups in total. The van der Waals surface area contributed by atoms with Gasteiger partial charge in [-0.05, 0) is 36.5 Å². The number of ether oxygens (including phenoxy) is 1. The third kappa shape index (κ3) is 4.03. The first-order chi connectivity index (χ1) is 9.45. The molecule has 1 aliphatic heterocycles. The molecule has 0 spiro atoms. The first kappa shape index (κ1) is 15.5. The van der Waals surface area contributed by atoms with Crippen LogP contribution < -0.4 is 4.74 Å². The molecule has 1 aromatic rings. The first-order valence-corrected chi connectivity index (χ1v) is 7.57. The minimum Gasteiger partial charge on any atom is -0.482 e. The molecule has 3 nitrogen and oxygen atoms in total. The van der Waals surface area contributed by atoms with Crippen LogP contribution in [0.1, 0.15) is 20.3 Å². The van der Waals surface area contributed by atoms with Crippen molar-refractivity contribution in [2.75, 3.05) is 19.7 Å². The molecule has 110 valence electrons. The molecular formula is C15H19Cl2NO2. The van der Waals surface area contributed by atoms with Crippen molar-refractivity contribution in [3.8, 4) is 5.75 Å². The number of carbonyl (C=O) groups is 1. The van der Waals surface area contributed by atoms with E-state index in [1.807, 2.05) is 4.90 Å². The summed E-state index contributed by atoms with van der Waals surface area (Å²) in [6.45, 7) is 5.97. The van der Waals surface area contributed by atoms with Crippen LogP contribution in [0.5, 0.6) is 5.75 Å². The summed E-state index contributed by atoms with van der Waals surface area (Å²) in [4.78, 5) is 14.1. The Morgan fingerprint density at radius 1 is 1.30 bits per heavy atom. The summed E-state index contributed by atoms with van der Waals surface area (Å²) in [5, 5.41) is 0.970. The Balaban J connectivity index is 1.91. The molecular weight excluding hydrogens is 297 g/mol. The van der Waals surface area contributed by atoms with Gasteiger partial charge in [-0.3, -0.25) is 4.79 Å². The van der Waals surface area contributed by atoms with Gasteiger partial charge >= 0.3 is 0 Å². The van der Waals surface area contributed by atoms with Crippen LogP contribution in [0.2, 0.25) is 10.0 Å². The van der Waals surface area contributed by atoms with Crippen LogP contribution in [0.3, 0.4) is 0 Å². The number of amides is 1. The maximum atomic E-state index is 12.2. The molecule has 1 heterocycles. The van der Waals surface area contributed by atoms with Gasteiger partial charge in [-0.25, -0.2) is 0 Å². The minimum absolute atomic E-state index is 0.00872. The Labute approximate surface area is 129 Å². The second-order valence-corrected chi connectivity index (χ2v) is 6.45. The van der Waals surface area contributed by atoms with Crippen LogP contribution in [0, 0.1) is 11.8 Å². The highest BCUT2D eigenvalue weighted by molar-refractivity contribution is 6.35. The lowest BCUT2D eigenvalue weighted by Gasteiger charge is -2.34. The van der Waals surface area contributed by atoms with Crippen molar-refractivity contribution in [3.05, 3.63) is 28.2 Å². The SMILES string of the molecule is C[C@@H]1C[C@H](C)CN(C(=O)COc2ccc(Cl)cc2Cl)C1. The first-order valence-electron chi connectivity index (χ1n) is 6.81. The molecule has 5 heteroatoms. The summed E-state index contributed by atoms with van der Waals surface area (Å²) in [7, 11) is 0. The number of rotatable bonds is 3. The van der Waals surface area contributed by atoms with E-state index < -0.39 is 0 Å². The fourth-order valence-corrected chi connectivity index (χ4v) is 3.15. The topological polar surface area (TPSA) is 29.5 Å². The molecule has 0 saturated carbocycles. The Morgan fingerprint density at radius 3 is 2.55 bits per heavy atom. The van der Waals surface area contributed by atoms with E-state index in [1.54, 1.807) is 18.2 Å². The smallest absolute Gasteiger partial charge is 0.260 e. The van der Waals surface area contributed by atoms with E-state index in [0.717, 1.165) is 13.1 Å². The van der Waals surface area contributed by atoms with Gasteiger partial charge in [0.1, 0.15) is 5.75 Å². The zero-order valence-electron chi connectivity index (χ0n) is 11.7. The van der Waals surface area contributed by atoms with Crippen molar-refractivity contribution in [2.24, 2.45) is 11.8 Å². The fourth-order valence-electron chi connectivity index (χ4n) is 2.69. The van der Waals surface area contributed by atoms with Crippen molar-refractivity contribution in [1.29, 1.82) is 0 Å². The van der Waals surface area contributed by atoms with Crippen molar-refractivity contribution in [2.45, 2.75) is 20.3 Å². The van der Waals surface area contributed by atoms with Crippen LogP contribution in [-0.2, 0) is 4.79 Å². The second-order valence-electron chi connectivity index (χ2n) is 5.61. The molecule has 0 bridgehead atoms. The van der Waals surface area contributed by atoms with E-state index in [9.17, 15) is 4.79 Å². The largest absolute Gasteiger partial charge is 0.482 e. The van der Waals surface area contributed by atoms with Gasteiger partial charge in [0.15, 0.2) is 6.61 Å². The molecule has 2 rings (SSSR count). The minimum atomic E-state index is 0.00872. The van der Waals surface area contributed by atoms with E-state index in [4.69, 9.17) is 27.9 Å². The number of piperidine rings is 1. The Kier molecular flexibility index (Phi) is 5.17. The summed E-state index contributed by atoms with van der Waals surface area (Å²) in [5.41, 5.74) is 0. The molecule has 1 saturated heterocycles. The molecule has 2 atom stereocenters. The van der Waals surface area contributed by atoms with Gasteiger partial charge < -0.3 is 9.64 Å². The molecule has 1 fully saturated rings. The van der Waals surface area contributed by atoms with Crippen LogP contribution in [0.25, 0.3) is 0 Å². The van der Waals surface area contributed by atoms with E-state index in [-0.39, 0.29) is 12.5 Å². The lowest BCUT2D eigenvalue weighted by atomic mass is 9.92. The monoisotopic (exact) mass is 315 g/mol. The van der Waals surface area contributed by atoms with E-state index in [0.29, 0.717) is 27.6 Å². The van der Waals surface area contributed by atoms with Crippen LogP contribution in [0.4, 0.5) is 0 Å². The molecule has 1 amide bonds. The molecule has 0 aromatic heterocycles. The number of hydrogen-bond acceptors (Lipinski definition) is 2. The predicted octanol–water partition coefficient (Wildman–Crippen LogP) is 3.88. The normalized spacial score (nSPS) is 22.7. The lowest BCUT2D eigenvalue weighted by Crippen LogP contribution is -2.44. The maximum absolute atomic E-state index is 12.2. The average Bonchev–Trinajstić information content (AvgIpc) is 2.36. The van der Waals surface area contributed by atoms with E-state index >= 15 is 0 Å².